The molecule has 142 valence electrons. The van der Waals surface area contributed by atoms with Crippen LogP contribution in [0.1, 0.15) is 50.7 Å². The molecule has 1 N–H and O–H groups in total. The zero-order valence-corrected chi connectivity index (χ0v) is 16.9. The minimum Gasteiger partial charge on any atom is -0.484 e. The lowest BCUT2D eigenvalue weighted by molar-refractivity contribution is -0.118. The number of carbonyl (C=O) groups excluding carboxylic acids is 1. The summed E-state index contributed by atoms with van der Waals surface area (Å²) in [7, 11) is 0. The Balaban J connectivity index is 1.59. The average Bonchev–Trinajstić information content (AvgIpc) is 3.06. The number of amides is 1. The van der Waals surface area contributed by atoms with Gasteiger partial charge in [0.1, 0.15) is 5.75 Å². The third kappa shape index (κ3) is 5.30. The zero-order valence-electron chi connectivity index (χ0n) is 16.1. The van der Waals surface area contributed by atoms with Crippen molar-refractivity contribution in [3.63, 3.8) is 0 Å². The molecule has 5 heteroatoms. The van der Waals surface area contributed by atoms with Crippen LogP contribution in [0.4, 0.5) is 5.13 Å². The number of carbonyl (C=O) groups is 1. The molecule has 2 aromatic carbocycles. The molecule has 4 nitrogen and oxygen atoms in total. The van der Waals surface area contributed by atoms with Gasteiger partial charge in [-0.15, -0.1) is 0 Å². The van der Waals surface area contributed by atoms with Crippen LogP contribution in [0.2, 0.25) is 0 Å². The highest BCUT2D eigenvalue weighted by Crippen LogP contribution is 2.27. The summed E-state index contributed by atoms with van der Waals surface area (Å²) in [6, 6.07) is 14.2. The van der Waals surface area contributed by atoms with Crippen LogP contribution in [0.3, 0.4) is 0 Å². The first kappa shape index (κ1) is 19.4. The molecule has 1 aromatic heterocycles. The lowest BCUT2D eigenvalue weighted by atomic mass is 10.0. The molecule has 0 saturated heterocycles. The maximum absolute atomic E-state index is 12.2. The van der Waals surface area contributed by atoms with Crippen molar-refractivity contribution in [1.29, 1.82) is 0 Å². The Hall–Kier alpha value is -2.40. The molecule has 0 radical (unpaired) electrons. The minimum atomic E-state index is -0.199. The van der Waals surface area contributed by atoms with E-state index in [1.807, 2.05) is 24.3 Å². The van der Waals surface area contributed by atoms with Crippen molar-refractivity contribution in [3.8, 4) is 5.75 Å². The van der Waals surface area contributed by atoms with Gasteiger partial charge in [-0.25, -0.2) is 4.98 Å². The van der Waals surface area contributed by atoms with E-state index >= 15 is 0 Å². The van der Waals surface area contributed by atoms with Crippen molar-refractivity contribution in [1.82, 2.24) is 4.98 Å². The fourth-order valence-corrected chi connectivity index (χ4v) is 3.77. The molecular weight excluding hydrogens is 356 g/mol. The zero-order chi connectivity index (χ0) is 19.2. The largest absolute Gasteiger partial charge is 0.484 e. The summed E-state index contributed by atoms with van der Waals surface area (Å²) in [6.07, 6.45) is 3.45. The van der Waals surface area contributed by atoms with Crippen molar-refractivity contribution >= 4 is 32.6 Å². The average molecular weight is 383 g/mol. The minimum absolute atomic E-state index is 0.0285. The summed E-state index contributed by atoms with van der Waals surface area (Å²) < 4.78 is 6.73. The molecule has 1 amide bonds. The van der Waals surface area contributed by atoms with Crippen molar-refractivity contribution in [2.75, 3.05) is 11.9 Å². The van der Waals surface area contributed by atoms with Gasteiger partial charge in [-0.05, 0) is 54.2 Å². The number of hydrogen-bond acceptors (Lipinski definition) is 4. The predicted molar refractivity (Wildman–Crippen MR) is 113 cm³/mol. The quantitative estimate of drug-likeness (QED) is 0.537. The van der Waals surface area contributed by atoms with Crippen LogP contribution in [0, 0.1) is 0 Å². The Morgan fingerprint density at radius 2 is 2.07 bits per heavy atom. The van der Waals surface area contributed by atoms with Gasteiger partial charge < -0.3 is 4.74 Å². The van der Waals surface area contributed by atoms with Crippen molar-refractivity contribution in [3.05, 3.63) is 53.6 Å². The second kappa shape index (κ2) is 9.00. The molecule has 0 fully saturated rings. The Kier molecular flexibility index (Phi) is 6.45. The van der Waals surface area contributed by atoms with E-state index in [9.17, 15) is 4.79 Å². The molecular formula is C22H26N2O2S. The van der Waals surface area contributed by atoms with Gasteiger partial charge in [0.25, 0.3) is 5.91 Å². The van der Waals surface area contributed by atoms with E-state index in [4.69, 9.17) is 4.74 Å². The number of nitrogens with zero attached hydrogens (tertiary/aromatic N) is 1. The van der Waals surface area contributed by atoms with Gasteiger partial charge in [-0.1, -0.05) is 56.7 Å². The van der Waals surface area contributed by atoms with Crippen LogP contribution in [-0.4, -0.2) is 17.5 Å². The second-order valence-electron chi connectivity index (χ2n) is 6.99. The number of nitrogens with one attached hydrogen (secondary N) is 1. The highest BCUT2D eigenvalue weighted by atomic mass is 32.1. The fourth-order valence-electron chi connectivity index (χ4n) is 2.83. The first-order valence-electron chi connectivity index (χ1n) is 9.47. The van der Waals surface area contributed by atoms with Crippen molar-refractivity contribution < 1.29 is 9.53 Å². The third-order valence-corrected chi connectivity index (χ3v) is 5.35. The van der Waals surface area contributed by atoms with Crippen molar-refractivity contribution in [2.45, 2.75) is 46.0 Å². The lowest BCUT2D eigenvalue weighted by Gasteiger charge is -2.09. The topological polar surface area (TPSA) is 51.2 Å². The summed E-state index contributed by atoms with van der Waals surface area (Å²) in [5.74, 6) is 0.934. The maximum Gasteiger partial charge on any atom is 0.264 e. The first-order valence-corrected chi connectivity index (χ1v) is 10.3. The summed E-state index contributed by atoms with van der Waals surface area (Å²) in [5, 5.41) is 3.46. The van der Waals surface area contributed by atoms with Gasteiger partial charge in [0.05, 0.1) is 10.2 Å². The number of hydrogen-bond donors (Lipinski definition) is 1. The number of rotatable bonds is 8. The van der Waals surface area contributed by atoms with E-state index < -0.39 is 0 Å². The Morgan fingerprint density at radius 3 is 2.85 bits per heavy atom. The lowest BCUT2D eigenvalue weighted by Crippen LogP contribution is -2.20. The van der Waals surface area contributed by atoms with Crippen molar-refractivity contribution in [2.24, 2.45) is 0 Å². The molecule has 1 heterocycles. The Labute approximate surface area is 164 Å². The van der Waals surface area contributed by atoms with Gasteiger partial charge in [0, 0.05) is 0 Å². The highest BCUT2D eigenvalue weighted by molar-refractivity contribution is 7.22. The highest BCUT2D eigenvalue weighted by Gasteiger charge is 2.10. The monoisotopic (exact) mass is 382 g/mol. The Morgan fingerprint density at radius 1 is 1.22 bits per heavy atom. The van der Waals surface area contributed by atoms with E-state index in [-0.39, 0.29) is 12.5 Å². The van der Waals surface area contributed by atoms with Crippen LogP contribution >= 0.6 is 11.3 Å². The van der Waals surface area contributed by atoms with E-state index in [2.05, 4.69) is 49.3 Å². The number of unbranched alkanes of at least 4 members (excludes halogenated alkanes) is 1. The third-order valence-electron chi connectivity index (χ3n) is 4.41. The van der Waals surface area contributed by atoms with E-state index in [1.54, 1.807) is 0 Å². The van der Waals surface area contributed by atoms with Crippen LogP contribution < -0.4 is 10.1 Å². The first-order chi connectivity index (χ1) is 13.0. The Bertz CT molecular complexity index is 918. The molecule has 0 saturated carbocycles. The molecule has 27 heavy (non-hydrogen) atoms. The molecule has 0 aliphatic carbocycles. The molecule has 0 spiro atoms. The number of fused-ring (bicyclic) bond motifs is 1. The molecule has 0 aliphatic rings. The number of aryl methyl sites for hydroxylation is 1. The van der Waals surface area contributed by atoms with Gasteiger partial charge in [0.15, 0.2) is 11.7 Å². The number of ether oxygens (including phenoxy) is 1. The second-order valence-corrected chi connectivity index (χ2v) is 8.02. The van der Waals surface area contributed by atoms with Gasteiger partial charge in [-0.2, -0.15) is 0 Å². The van der Waals surface area contributed by atoms with E-state index in [0.717, 1.165) is 16.6 Å². The maximum atomic E-state index is 12.2. The van der Waals surface area contributed by atoms with Gasteiger partial charge in [-0.3, -0.25) is 10.1 Å². The molecule has 0 unspecified atom stereocenters. The van der Waals surface area contributed by atoms with E-state index in [0.29, 0.717) is 16.8 Å². The number of benzene rings is 2. The summed E-state index contributed by atoms with van der Waals surface area (Å²) in [4.78, 5) is 16.7. The fraction of sp³-hybridized carbons (Fsp3) is 0.364. The van der Waals surface area contributed by atoms with Crippen LogP contribution in [0.15, 0.2) is 42.5 Å². The molecule has 0 bridgehead atoms. The summed E-state index contributed by atoms with van der Waals surface area (Å²) >= 11 is 1.50. The molecule has 3 rings (SSSR count). The number of thiazole rings is 1. The predicted octanol–water partition coefficient (Wildman–Crippen LogP) is 5.78. The SMILES string of the molecule is CCCCc1ccc2nc(NC(=O)COc3cccc(C(C)C)c3)sc2c1. The normalized spacial score (nSPS) is 11.1. The molecule has 3 aromatic rings. The standard InChI is InChI=1S/C22H26N2O2S/c1-4-5-7-16-10-11-19-20(12-16)27-22(23-19)24-21(25)14-26-18-9-6-8-17(13-18)15(2)3/h6,8-13,15H,4-5,7,14H2,1-3H3,(H,23,24,25). The van der Waals surface area contributed by atoms with E-state index in [1.165, 1.54) is 35.3 Å². The van der Waals surface area contributed by atoms with Crippen LogP contribution in [0.5, 0.6) is 5.75 Å². The molecule has 0 atom stereocenters. The van der Waals surface area contributed by atoms with Gasteiger partial charge >= 0.3 is 0 Å². The van der Waals surface area contributed by atoms with Crippen LogP contribution in [0.25, 0.3) is 10.2 Å². The summed E-state index contributed by atoms with van der Waals surface area (Å²) in [6.45, 7) is 6.43. The number of anilines is 1. The summed E-state index contributed by atoms with van der Waals surface area (Å²) in [5.41, 5.74) is 3.43. The molecule has 0 aliphatic heterocycles. The van der Waals surface area contributed by atoms with Crippen LogP contribution in [-0.2, 0) is 11.2 Å². The van der Waals surface area contributed by atoms with Gasteiger partial charge in [0.2, 0.25) is 0 Å². The number of aromatic nitrogens is 1. The smallest absolute Gasteiger partial charge is 0.264 e.